The lowest BCUT2D eigenvalue weighted by molar-refractivity contribution is 0.315. The first-order chi connectivity index (χ1) is 8.72. The predicted molar refractivity (Wildman–Crippen MR) is 78.1 cm³/mol. The Bertz CT molecular complexity index is 376. The second-order valence-electron chi connectivity index (χ2n) is 5.26. The van der Waals surface area contributed by atoms with Crippen molar-refractivity contribution >= 4 is 5.69 Å². The van der Waals surface area contributed by atoms with Crippen LogP contribution in [0.15, 0.2) is 24.3 Å². The first-order valence-electron chi connectivity index (χ1n) is 6.92. The van der Waals surface area contributed by atoms with Gasteiger partial charge in [0.25, 0.3) is 0 Å². The second-order valence-corrected chi connectivity index (χ2v) is 5.26. The first kappa shape index (κ1) is 13.4. The lowest BCUT2D eigenvalue weighted by Crippen LogP contribution is -2.32. The Hall–Kier alpha value is -1.06. The number of para-hydroxylation sites is 1. The van der Waals surface area contributed by atoms with Crippen LogP contribution < -0.4 is 10.2 Å². The molecule has 2 rings (SSSR count). The van der Waals surface area contributed by atoms with Crippen molar-refractivity contribution in [2.24, 2.45) is 0 Å². The Kier molecular flexibility index (Phi) is 4.61. The quantitative estimate of drug-likeness (QED) is 0.858. The molecule has 3 heteroatoms. The van der Waals surface area contributed by atoms with Gasteiger partial charge in [0.2, 0.25) is 0 Å². The highest BCUT2D eigenvalue weighted by atomic mass is 15.2. The van der Waals surface area contributed by atoms with Crippen molar-refractivity contribution in [2.75, 3.05) is 38.6 Å². The average Bonchev–Trinajstić information content (AvgIpc) is 2.86. The molecule has 1 unspecified atom stereocenters. The number of nitrogens with one attached hydrogen (secondary N) is 1. The van der Waals surface area contributed by atoms with Crippen LogP contribution in [0.25, 0.3) is 0 Å². The summed E-state index contributed by atoms with van der Waals surface area (Å²) in [4.78, 5) is 4.87. The zero-order valence-corrected chi connectivity index (χ0v) is 11.8. The van der Waals surface area contributed by atoms with E-state index in [9.17, 15) is 0 Å². The predicted octanol–water partition coefficient (Wildman–Crippen LogP) is 1.94. The third-order valence-electron chi connectivity index (χ3n) is 3.79. The van der Waals surface area contributed by atoms with Gasteiger partial charge in [-0.1, -0.05) is 25.1 Å². The Morgan fingerprint density at radius 2 is 2.11 bits per heavy atom. The van der Waals surface area contributed by atoms with Crippen molar-refractivity contribution in [2.45, 2.75) is 25.9 Å². The van der Waals surface area contributed by atoms with Gasteiger partial charge in [0, 0.05) is 31.4 Å². The SMILES string of the molecule is CCNCc1ccccc1N1CCC(N(C)C)C1. The van der Waals surface area contributed by atoms with Crippen molar-refractivity contribution in [3.05, 3.63) is 29.8 Å². The lowest BCUT2D eigenvalue weighted by atomic mass is 10.1. The molecule has 0 saturated carbocycles. The Morgan fingerprint density at radius 3 is 2.78 bits per heavy atom. The van der Waals surface area contributed by atoms with Gasteiger partial charge >= 0.3 is 0 Å². The summed E-state index contributed by atoms with van der Waals surface area (Å²) in [6, 6.07) is 9.46. The molecule has 0 bridgehead atoms. The number of rotatable bonds is 5. The number of nitrogens with zero attached hydrogens (tertiary/aromatic N) is 2. The van der Waals surface area contributed by atoms with Crippen LogP contribution in [-0.4, -0.2) is 44.7 Å². The van der Waals surface area contributed by atoms with E-state index in [4.69, 9.17) is 0 Å². The smallest absolute Gasteiger partial charge is 0.0412 e. The van der Waals surface area contributed by atoms with E-state index in [1.54, 1.807) is 0 Å². The highest BCUT2D eigenvalue weighted by molar-refractivity contribution is 5.54. The van der Waals surface area contributed by atoms with Gasteiger partial charge in [-0.05, 0) is 38.7 Å². The fourth-order valence-corrected chi connectivity index (χ4v) is 2.61. The average molecular weight is 247 g/mol. The minimum absolute atomic E-state index is 0.692. The van der Waals surface area contributed by atoms with Crippen molar-refractivity contribution in [3.8, 4) is 0 Å². The Balaban J connectivity index is 2.08. The van der Waals surface area contributed by atoms with Gasteiger partial charge in [-0.3, -0.25) is 0 Å². The molecule has 100 valence electrons. The van der Waals surface area contributed by atoms with E-state index in [2.05, 4.69) is 60.4 Å². The first-order valence-corrected chi connectivity index (χ1v) is 6.92. The summed E-state index contributed by atoms with van der Waals surface area (Å²) in [5.74, 6) is 0. The Labute approximate surface area is 111 Å². The number of hydrogen-bond donors (Lipinski definition) is 1. The lowest BCUT2D eigenvalue weighted by Gasteiger charge is -2.24. The van der Waals surface area contributed by atoms with Crippen molar-refractivity contribution in [3.63, 3.8) is 0 Å². The molecule has 1 aliphatic rings. The largest absolute Gasteiger partial charge is 0.370 e. The summed E-state index contributed by atoms with van der Waals surface area (Å²) in [6.45, 7) is 6.47. The minimum atomic E-state index is 0.692. The number of hydrogen-bond acceptors (Lipinski definition) is 3. The van der Waals surface area contributed by atoms with E-state index >= 15 is 0 Å². The van der Waals surface area contributed by atoms with E-state index in [-0.39, 0.29) is 0 Å². The van der Waals surface area contributed by atoms with Gasteiger partial charge in [0.15, 0.2) is 0 Å². The Morgan fingerprint density at radius 1 is 1.33 bits per heavy atom. The molecule has 1 fully saturated rings. The van der Waals surface area contributed by atoms with Gasteiger partial charge in [-0.15, -0.1) is 0 Å². The molecule has 0 aromatic heterocycles. The molecular weight excluding hydrogens is 222 g/mol. The van der Waals surface area contributed by atoms with Crippen LogP contribution in [-0.2, 0) is 6.54 Å². The highest BCUT2D eigenvalue weighted by Gasteiger charge is 2.25. The molecule has 1 aromatic rings. The highest BCUT2D eigenvalue weighted by Crippen LogP contribution is 2.25. The molecule has 0 aliphatic carbocycles. The van der Waals surface area contributed by atoms with Crippen molar-refractivity contribution in [1.82, 2.24) is 10.2 Å². The fraction of sp³-hybridized carbons (Fsp3) is 0.600. The van der Waals surface area contributed by atoms with Crippen LogP contribution in [0, 0.1) is 0 Å². The van der Waals surface area contributed by atoms with E-state index in [0.29, 0.717) is 6.04 Å². The zero-order chi connectivity index (χ0) is 13.0. The summed E-state index contributed by atoms with van der Waals surface area (Å²) in [5.41, 5.74) is 2.82. The topological polar surface area (TPSA) is 18.5 Å². The second kappa shape index (κ2) is 6.21. The van der Waals surface area contributed by atoms with Crippen molar-refractivity contribution in [1.29, 1.82) is 0 Å². The number of benzene rings is 1. The van der Waals surface area contributed by atoms with E-state index < -0.39 is 0 Å². The van der Waals surface area contributed by atoms with Gasteiger partial charge in [0.1, 0.15) is 0 Å². The maximum absolute atomic E-state index is 3.43. The maximum Gasteiger partial charge on any atom is 0.0412 e. The summed E-state index contributed by atoms with van der Waals surface area (Å²) < 4.78 is 0. The van der Waals surface area contributed by atoms with E-state index in [0.717, 1.165) is 19.6 Å². The van der Waals surface area contributed by atoms with Crippen LogP contribution in [0.2, 0.25) is 0 Å². The van der Waals surface area contributed by atoms with Crippen LogP contribution in [0.1, 0.15) is 18.9 Å². The molecule has 1 N–H and O–H groups in total. The molecule has 0 spiro atoms. The van der Waals surface area contributed by atoms with Gasteiger partial charge in [0.05, 0.1) is 0 Å². The molecule has 0 amide bonds. The van der Waals surface area contributed by atoms with Crippen LogP contribution in [0.4, 0.5) is 5.69 Å². The third kappa shape index (κ3) is 3.03. The zero-order valence-electron chi connectivity index (χ0n) is 11.8. The third-order valence-corrected chi connectivity index (χ3v) is 3.79. The van der Waals surface area contributed by atoms with Crippen LogP contribution >= 0.6 is 0 Å². The molecule has 18 heavy (non-hydrogen) atoms. The molecule has 3 nitrogen and oxygen atoms in total. The molecule has 1 atom stereocenters. The van der Waals surface area contributed by atoms with Gasteiger partial charge in [-0.2, -0.15) is 0 Å². The molecular formula is C15H25N3. The summed E-state index contributed by atoms with van der Waals surface area (Å²) >= 11 is 0. The molecule has 0 radical (unpaired) electrons. The van der Waals surface area contributed by atoms with Crippen LogP contribution in [0.5, 0.6) is 0 Å². The maximum atomic E-state index is 3.43. The summed E-state index contributed by atoms with van der Waals surface area (Å²) in [7, 11) is 4.36. The normalized spacial score (nSPS) is 19.8. The summed E-state index contributed by atoms with van der Waals surface area (Å²) in [5, 5.41) is 3.43. The fourth-order valence-electron chi connectivity index (χ4n) is 2.61. The van der Waals surface area contributed by atoms with Crippen molar-refractivity contribution < 1.29 is 0 Å². The minimum Gasteiger partial charge on any atom is -0.370 e. The standard InChI is InChI=1S/C15H25N3/c1-4-16-11-13-7-5-6-8-15(13)18-10-9-14(12-18)17(2)3/h5-8,14,16H,4,9-12H2,1-3H3. The molecule has 1 heterocycles. The van der Waals surface area contributed by atoms with Gasteiger partial charge < -0.3 is 15.1 Å². The summed E-state index contributed by atoms with van der Waals surface area (Å²) in [6.07, 6.45) is 1.27. The molecule has 1 aromatic carbocycles. The van der Waals surface area contributed by atoms with Gasteiger partial charge in [-0.25, -0.2) is 0 Å². The molecule has 1 saturated heterocycles. The van der Waals surface area contributed by atoms with E-state index in [1.807, 2.05) is 0 Å². The monoisotopic (exact) mass is 247 g/mol. The number of anilines is 1. The van der Waals surface area contributed by atoms with Crippen LogP contribution in [0.3, 0.4) is 0 Å². The number of likely N-dealkylation sites (N-methyl/N-ethyl adjacent to an activating group) is 1. The molecule has 1 aliphatic heterocycles. The van der Waals surface area contributed by atoms with E-state index in [1.165, 1.54) is 24.2 Å².